The number of benzene rings is 1. The van der Waals surface area contributed by atoms with Crippen molar-refractivity contribution >= 4 is 11.4 Å². The summed E-state index contributed by atoms with van der Waals surface area (Å²) in [6.07, 6.45) is 3.30. The maximum atomic E-state index is 11.0. The molecule has 0 aromatic heterocycles. The van der Waals surface area contributed by atoms with Crippen LogP contribution in [0.15, 0.2) is 18.2 Å². The molecule has 19 heavy (non-hydrogen) atoms. The summed E-state index contributed by atoms with van der Waals surface area (Å²) >= 11 is 0. The third-order valence-electron chi connectivity index (χ3n) is 3.29. The Bertz CT molecular complexity index is 504. The number of rotatable bonds is 5. The monoisotopic (exact) mass is 260 g/mol. The van der Waals surface area contributed by atoms with Crippen LogP contribution in [0.3, 0.4) is 0 Å². The van der Waals surface area contributed by atoms with Gasteiger partial charge in [0.05, 0.1) is 16.6 Å². The lowest BCUT2D eigenvalue weighted by Crippen LogP contribution is -2.24. The molecule has 6 heteroatoms. The zero-order chi connectivity index (χ0) is 13.7. The Labute approximate surface area is 111 Å². The largest absolute Gasteiger partial charge is 0.379 e. The minimum atomic E-state index is -0.461. The molecule has 0 amide bonds. The van der Waals surface area contributed by atoms with Crippen molar-refractivity contribution in [3.05, 3.63) is 33.9 Å². The first-order valence-electron chi connectivity index (χ1n) is 6.36. The lowest BCUT2D eigenvalue weighted by Gasteiger charge is -2.11. The number of hydrogen-bond donors (Lipinski definition) is 2. The SMILES string of the molecule is N#Cc1ccc(NCC[C@H]2CCCN2)c([N+](=O)[O-])c1. The molecule has 1 aromatic carbocycles. The fraction of sp³-hybridized carbons (Fsp3) is 0.462. The third kappa shape index (κ3) is 3.42. The molecule has 1 aliphatic rings. The van der Waals surface area contributed by atoms with Gasteiger partial charge in [-0.15, -0.1) is 0 Å². The highest BCUT2D eigenvalue weighted by Crippen LogP contribution is 2.25. The molecule has 1 aromatic rings. The maximum absolute atomic E-state index is 11.0. The molecule has 2 N–H and O–H groups in total. The van der Waals surface area contributed by atoms with Gasteiger partial charge in [-0.05, 0) is 37.9 Å². The first kappa shape index (κ1) is 13.3. The number of nitrogens with zero attached hydrogens (tertiary/aromatic N) is 2. The van der Waals surface area contributed by atoms with E-state index in [1.54, 1.807) is 12.1 Å². The van der Waals surface area contributed by atoms with Gasteiger partial charge in [0.15, 0.2) is 0 Å². The van der Waals surface area contributed by atoms with Crippen molar-refractivity contribution in [2.45, 2.75) is 25.3 Å². The van der Waals surface area contributed by atoms with Gasteiger partial charge in [-0.3, -0.25) is 10.1 Å². The van der Waals surface area contributed by atoms with E-state index in [0.717, 1.165) is 19.4 Å². The summed E-state index contributed by atoms with van der Waals surface area (Å²) in [5.41, 5.74) is 0.732. The Kier molecular flexibility index (Phi) is 4.31. The van der Waals surface area contributed by atoms with E-state index in [4.69, 9.17) is 5.26 Å². The van der Waals surface area contributed by atoms with Gasteiger partial charge >= 0.3 is 0 Å². The zero-order valence-electron chi connectivity index (χ0n) is 10.6. The second-order valence-electron chi connectivity index (χ2n) is 4.61. The average molecular weight is 260 g/mol. The number of hydrogen-bond acceptors (Lipinski definition) is 5. The van der Waals surface area contributed by atoms with Crippen LogP contribution < -0.4 is 10.6 Å². The molecule has 0 bridgehead atoms. The maximum Gasteiger partial charge on any atom is 0.293 e. The highest BCUT2D eigenvalue weighted by atomic mass is 16.6. The molecule has 1 fully saturated rings. The lowest BCUT2D eigenvalue weighted by molar-refractivity contribution is -0.384. The summed E-state index contributed by atoms with van der Waals surface area (Å²) in [5.74, 6) is 0. The van der Waals surface area contributed by atoms with Crippen LogP contribution >= 0.6 is 0 Å². The number of nitro groups is 1. The summed E-state index contributed by atoms with van der Waals surface area (Å²) in [7, 11) is 0. The van der Waals surface area contributed by atoms with E-state index < -0.39 is 4.92 Å². The summed E-state index contributed by atoms with van der Waals surface area (Å²) in [6.45, 7) is 1.74. The van der Waals surface area contributed by atoms with E-state index >= 15 is 0 Å². The summed E-state index contributed by atoms with van der Waals surface area (Å²) in [5, 5.41) is 26.2. The van der Waals surface area contributed by atoms with Gasteiger partial charge in [-0.25, -0.2) is 0 Å². The van der Waals surface area contributed by atoms with E-state index in [0.29, 0.717) is 23.8 Å². The van der Waals surface area contributed by atoms with Crippen LogP contribution in [0.25, 0.3) is 0 Å². The van der Waals surface area contributed by atoms with E-state index in [1.165, 1.54) is 12.5 Å². The molecule has 1 saturated heterocycles. The van der Waals surface area contributed by atoms with Gasteiger partial charge in [-0.1, -0.05) is 0 Å². The molecule has 6 nitrogen and oxygen atoms in total. The van der Waals surface area contributed by atoms with Crippen molar-refractivity contribution in [2.24, 2.45) is 0 Å². The normalized spacial score (nSPS) is 17.9. The van der Waals surface area contributed by atoms with Crippen molar-refractivity contribution in [3.8, 4) is 6.07 Å². The fourth-order valence-electron chi connectivity index (χ4n) is 2.29. The molecule has 0 spiro atoms. The lowest BCUT2D eigenvalue weighted by atomic mass is 10.1. The van der Waals surface area contributed by atoms with E-state index in [9.17, 15) is 10.1 Å². The van der Waals surface area contributed by atoms with Crippen LogP contribution in [-0.4, -0.2) is 24.1 Å². The molecule has 0 unspecified atom stereocenters. The zero-order valence-corrected chi connectivity index (χ0v) is 10.6. The molecule has 1 atom stereocenters. The molecular weight excluding hydrogens is 244 g/mol. The number of anilines is 1. The average Bonchev–Trinajstić information content (AvgIpc) is 2.92. The Morgan fingerprint density at radius 2 is 2.42 bits per heavy atom. The molecule has 1 aliphatic heterocycles. The van der Waals surface area contributed by atoms with Gasteiger partial charge in [0.2, 0.25) is 0 Å². The Hall–Kier alpha value is -2.13. The van der Waals surface area contributed by atoms with Gasteiger partial charge in [0.1, 0.15) is 5.69 Å². The summed E-state index contributed by atoms with van der Waals surface area (Å²) in [6, 6.07) is 6.90. The smallest absolute Gasteiger partial charge is 0.293 e. The van der Waals surface area contributed by atoms with E-state index in [2.05, 4.69) is 10.6 Å². The first-order valence-corrected chi connectivity index (χ1v) is 6.36. The standard InChI is InChI=1S/C13H16N4O2/c14-9-10-3-4-12(13(8-10)17(18)19)16-7-5-11-2-1-6-15-11/h3-4,8,11,15-16H,1-2,5-7H2/t11-/m1/s1. The number of nitriles is 1. The predicted molar refractivity (Wildman–Crippen MR) is 71.9 cm³/mol. The minimum absolute atomic E-state index is 0.0431. The topological polar surface area (TPSA) is 91.0 Å². The molecule has 0 aliphatic carbocycles. The highest BCUT2D eigenvalue weighted by molar-refractivity contribution is 5.64. The van der Waals surface area contributed by atoms with E-state index in [1.807, 2.05) is 6.07 Å². The Morgan fingerprint density at radius 1 is 1.58 bits per heavy atom. The van der Waals surface area contributed by atoms with Gasteiger partial charge in [0, 0.05) is 18.7 Å². The molecule has 0 saturated carbocycles. The van der Waals surface area contributed by atoms with Crippen LogP contribution in [0.5, 0.6) is 0 Å². The van der Waals surface area contributed by atoms with Crippen LogP contribution in [0, 0.1) is 21.4 Å². The summed E-state index contributed by atoms with van der Waals surface area (Å²) < 4.78 is 0. The van der Waals surface area contributed by atoms with Crippen molar-refractivity contribution in [2.75, 3.05) is 18.4 Å². The van der Waals surface area contributed by atoms with Crippen LogP contribution in [0.1, 0.15) is 24.8 Å². The van der Waals surface area contributed by atoms with Gasteiger partial charge in [0.25, 0.3) is 5.69 Å². The first-order chi connectivity index (χ1) is 9.20. The predicted octanol–water partition coefficient (Wildman–Crippen LogP) is 2.02. The highest BCUT2D eigenvalue weighted by Gasteiger charge is 2.16. The molecule has 2 rings (SSSR count). The number of nitrogens with one attached hydrogen (secondary N) is 2. The molecule has 100 valence electrons. The van der Waals surface area contributed by atoms with Crippen LogP contribution in [0.2, 0.25) is 0 Å². The number of nitro benzene ring substituents is 1. The fourth-order valence-corrected chi connectivity index (χ4v) is 2.29. The third-order valence-corrected chi connectivity index (χ3v) is 3.29. The summed E-state index contributed by atoms with van der Waals surface area (Å²) in [4.78, 5) is 10.5. The quantitative estimate of drug-likeness (QED) is 0.624. The molecule has 0 radical (unpaired) electrons. The Morgan fingerprint density at radius 3 is 3.05 bits per heavy atom. The second-order valence-corrected chi connectivity index (χ2v) is 4.61. The minimum Gasteiger partial charge on any atom is -0.379 e. The second kappa shape index (κ2) is 6.16. The van der Waals surface area contributed by atoms with E-state index in [-0.39, 0.29) is 5.69 Å². The molecule has 1 heterocycles. The van der Waals surface area contributed by atoms with Crippen molar-refractivity contribution in [1.82, 2.24) is 5.32 Å². The van der Waals surface area contributed by atoms with Crippen molar-refractivity contribution < 1.29 is 4.92 Å². The Balaban J connectivity index is 1.98. The van der Waals surface area contributed by atoms with Crippen LogP contribution in [-0.2, 0) is 0 Å². The van der Waals surface area contributed by atoms with Gasteiger partial charge < -0.3 is 10.6 Å². The van der Waals surface area contributed by atoms with Crippen molar-refractivity contribution in [1.29, 1.82) is 5.26 Å². The van der Waals surface area contributed by atoms with Crippen molar-refractivity contribution in [3.63, 3.8) is 0 Å². The van der Waals surface area contributed by atoms with Gasteiger partial charge in [-0.2, -0.15) is 5.26 Å². The van der Waals surface area contributed by atoms with Crippen LogP contribution in [0.4, 0.5) is 11.4 Å². The molecular formula is C13H16N4O2.